The molecule has 0 radical (unpaired) electrons. The van der Waals surface area contributed by atoms with Crippen molar-refractivity contribution in [3.63, 3.8) is 0 Å². The van der Waals surface area contributed by atoms with E-state index in [4.69, 9.17) is 0 Å². The molecule has 1 saturated heterocycles. The van der Waals surface area contributed by atoms with Crippen LogP contribution in [0.1, 0.15) is 61.8 Å². The highest BCUT2D eigenvalue weighted by Gasteiger charge is 2.22. The quantitative estimate of drug-likeness (QED) is 0.898. The van der Waals surface area contributed by atoms with Crippen LogP contribution in [0.2, 0.25) is 0 Å². The van der Waals surface area contributed by atoms with E-state index >= 15 is 0 Å². The van der Waals surface area contributed by atoms with Crippen molar-refractivity contribution < 1.29 is 5.11 Å². The molecule has 0 bridgehead atoms. The Hall–Kier alpha value is -0.860. The van der Waals surface area contributed by atoms with Gasteiger partial charge in [0.05, 0.1) is 6.10 Å². The van der Waals surface area contributed by atoms with Crippen molar-refractivity contribution in [1.82, 2.24) is 4.90 Å². The van der Waals surface area contributed by atoms with Crippen LogP contribution in [0.15, 0.2) is 18.2 Å². The molecule has 1 aliphatic rings. The first kappa shape index (κ1) is 15.5. The summed E-state index contributed by atoms with van der Waals surface area (Å²) in [6, 6.07) is 6.98. The van der Waals surface area contributed by atoms with Crippen LogP contribution in [0.5, 0.6) is 0 Å². The number of benzene rings is 1. The van der Waals surface area contributed by atoms with Gasteiger partial charge in [0.15, 0.2) is 0 Å². The fourth-order valence-electron chi connectivity index (χ4n) is 3.24. The molecule has 1 N–H and O–H groups in total. The van der Waals surface area contributed by atoms with E-state index in [0.29, 0.717) is 6.04 Å². The third kappa shape index (κ3) is 3.83. The van der Waals surface area contributed by atoms with Crippen LogP contribution in [0.25, 0.3) is 0 Å². The minimum absolute atomic E-state index is 0.360. The maximum absolute atomic E-state index is 10.6. The van der Waals surface area contributed by atoms with Crippen LogP contribution < -0.4 is 0 Å². The normalized spacial score (nSPS) is 22.5. The van der Waals surface area contributed by atoms with Gasteiger partial charge in [-0.15, -0.1) is 0 Å². The van der Waals surface area contributed by atoms with Crippen molar-refractivity contribution in [3.05, 3.63) is 34.9 Å². The van der Waals surface area contributed by atoms with E-state index in [9.17, 15) is 5.11 Å². The summed E-state index contributed by atoms with van der Waals surface area (Å²) >= 11 is 0. The highest BCUT2D eigenvalue weighted by Crippen LogP contribution is 2.23. The van der Waals surface area contributed by atoms with Crippen molar-refractivity contribution in [2.75, 3.05) is 13.1 Å². The zero-order valence-corrected chi connectivity index (χ0v) is 13.2. The fraction of sp³-hybridized carbons (Fsp3) is 0.667. The monoisotopic (exact) mass is 275 g/mol. The molecule has 1 aromatic rings. The van der Waals surface area contributed by atoms with Crippen LogP contribution in [0.3, 0.4) is 0 Å². The molecule has 0 aliphatic carbocycles. The molecule has 1 fully saturated rings. The Morgan fingerprint density at radius 2 is 2.00 bits per heavy atom. The standard InChI is InChI=1S/C18H29NO/c1-4-17-8-6-5-7-11-19(17)13-18(20)16-10-9-14(2)15(3)12-16/h9-10,12,17-18,20H,4-8,11,13H2,1-3H3. The minimum Gasteiger partial charge on any atom is -0.387 e. The van der Waals surface area contributed by atoms with Gasteiger partial charge in [-0.2, -0.15) is 0 Å². The van der Waals surface area contributed by atoms with Gasteiger partial charge >= 0.3 is 0 Å². The van der Waals surface area contributed by atoms with Crippen LogP contribution >= 0.6 is 0 Å². The highest BCUT2D eigenvalue weighted by molar-refractivity contribution is 5.31. The Labute approximate surface area is 123 Å². The van der Waals surface area contributed by atoms with Gasteiger partial charge in [-0.1, -0.05) is 38.0 Å². The highest BCUT2D eigenvalue weighted by atomic mass is 16.3. The molecule has 0 aromatic heterocycles. The maximum Gasteiger partial charge on any atom is 0.0917 e. The molecule has 20 heavy (non-hydrogen) atoms. The fourth-order valence-corrected chi connectivity index (χ4v) is 3.24. The predicted octanol–water partition coefficient (Wildman–Crippen LogP) is 3.99. The van der Waals surface area contributed by atoms with E-state index in [1.165, 1.54) is 43.2 Å². The third-order valence-electron chi connectivity index (χ3n) is 4.79. The smallest absolute Gasteiger partial charge is 0.0917 e. The topological polar surface area (TPSA) is 23.5 Å². The van der Waals surface area contributed by atoms with Crippen molar-refractivity contribution in [1.29, 1.82) is 0 Å². The summed E-state index contributed by atoms with van der Waals surface area (Å²) in [7, 11) is 0. The molecule has 2 heteroatoms. The Kier molecular flexibility index (Phi) is 5.62. The van der Waals surface area contributed by atoms with Gasteiger partial charge in [-0.3, -0.25) is 4.90 Å². The van der Waals surface area contributed by atoms with Crippen LogP contribution in [-0.4, -0.2) is 29.1 Å². The second-order valence-electron chi connectivity index (χ2n) is 6.27. The lowest BCUT2D eigenvalue weighted by Gasteiger charge is -2.31. The lowest BCUT2D eigenvalue weighted by Crippen LogP contribution is -2.37. The number of hydrogen-bond acceptors (Lipinski definition) is 2. The Morgan fingerprint density at radius 3 is 2.70 bits per heavy atom. The second kappa shape index (κ2) is 7.24. The van der Waals surface area contributed by atoms with E-state index < -0.39 is 0 Å². The molecule has 2 unspecified atom stereocenters. The van der Waals surface area contributed by atoms with E-state index in [1.807, 2.05) is 0 Å². The van der Waals surface area contributed by atoms with Crippen molar-refractivity contribution in [2.24, 2.45) is 0 Å². The number of nitrogens with zero attached hydrogens (tertiary/aromatic N) is 1. The molecule has 2 rings (SSSR count). The van der Waals surface area contributed by atoms with Crippen molar-refractivity contribution in [2.45, 2.75) is 65.0 Å². The first-order valence-corrected chi connectivity index (χ1v) is 8.11. The predicted molar refractivity (Wildman–Crippen MR) is 85.0 cm³/mol. The van der Waals surface area contributed by atoms with Gasteiger partial charge in [-0.25, -0.2) is 0 Å². The van der Waals surface area contributed by atoms with Crippen LogP contribution in [0, 0.1) is 13.8 Å². The number of β-amino-alcohol motifs (C(OH)–C–C–N with tert-alkyl or cyclic N) is 1. The molecule has 112 valence electrons. The summed E-state index contributed by atoms with van der Waals surface area (Å²) in [5.41, 5.74) is 3.62. The van der Waals surface area contributed by atoms with E-state index in [1.54, 1.807) is 0 Å². The average molecular weight is 275 g/mol. The largest absolute Gasteiger partial charge is 0.387 e. The number of likely N-dealkylation sites (tertiary alicyclic amines) is 1. The molecule has 1 aromatic carbocycles. The van der Waals surface area contributed by atoms with Gasteiger partial charge in [0, 0.05) is 12.6 Å². The molecule has 2 atom stereocenters. The second-order valence-corrected chi connectivity index (χ2v) is 6.27. The molecule has 2 nitrogen and oxygen atoms in total. The Morgan fingerprint density at radius 1 is 1.20 bits per heavy atom. The Bertz CT molecular complexity index is 429. The minimum atomic E-state index is -0.360. The lowest BCUT2D eigenvalue weighted by atomic mass is 10.0. The van der Waals surface area contributed by atoms with Crippen molar-refractivity contribution >= 4 is 0 Å². The molecular formula is C18H29NO. The molecule has 0 saturated carbocycles. The average Bonchev–Trinajstić information content (AvgIpc) is 2.66. The van der Waals surface area contributed by atoms with Crippen LogP contribution in [-0.2, 0) is 0 Å². The summed E-state index contributed by atoms with van der Waals surface area (Å²) in [6.07, 6.45) is 6.08. The van der Waals surface area contributed by atoms with Gasteiger partial charge in [0.1, 0.15) is 0 Å². The zero-order valence-electron chi connectivity index (χ0n) is 13.2. The van der Waals surface area contributed by atoms with E-state index in [0.717, 1.165) is 18.7 Å². The SMILES string of the molecule is CCC1CCCCCN1CC(O)c1ccc(C)c(C)c1. The summed E-state index contributed by atoms with van der Waals surface area (Å²) in [4.78, 5) is 2.51. The molecule has 0 amide bonds. The zero-order chi connectivity index (χ0) is 14.5. The number of hydrogen-bond donors (Lipinski definition) is 1. The molecule has 1 aliphatic heterocycles. The lowest BCUT2D eigenvalue weighted by molar-refractivity contribution is 0.0865. The van der Waals surface area contributed by atoms with E-state index in [2.05, 4.69) is 43.9 Å². The number of rotatable bonds is 4. The van der Waals surface area contributed by atoms with Gasteiger partial charge in [0.2, 0.25) is 0 Å². The third-order valence-corrected chi connectivity index (χ3v) is 4.79. The van der Waals surface area contributed by atoms with Gasteiger partial charge < -0.3 is 5.11 Å². The Balaban J connectivity index is 2.04. The summed E-state index contributed by atoms with van der Waals surface area (Å²) in [6.45, 7) is 8.42. The number of aliphatic hydroxyl groups excluding tert-OH is 1. The van der Waals surface area contributed by atoms with Crippen LogP contribution in [0.4, 0.5) is 0 Å². The number of aryl methyl sites for hydroxylation is 2. The van der Waals surface area contributed by atoms with Gasteiger partial charge in [0.25, 0.3) is 0 Å². The summed E-state index contributed by atoms with van der Waals surface area (Å²) < 4.78 is 0. The summed E-state index contributed by atoms with van der Waals surface area (Å²) in [5.74, 6) is 0. The summed E-state index contributed by atoms with van der Waals surface area (Å²) in [5, 5.41) is 10.6. The first-order chi connectivity index (χ1) is 9.61. The van der Waals surface area contributed by atoms with Gasteiger partial charge in [-0.05, 0) is 56.3 Å². The molecule has 1 heterocycles. The molecule has 0 spiro atoms. The molecular weight excluding hydrogens is 246 g/mol. The first-order valence-electron chi connectivity index (χ1n) is 8.11. The number of aliphatic hydroxyl groups is 1. The van der Waals surface area contributed by atoms with Crippen molar-refractivity contribution in [3.8, 4) is 0 Å². The maximum atomic E-state index is 10.6. The van der Waals surface area contributed by atoms with E-state index in [-0.39, 0.29) is 6.10 Å².